The minimum absolute atomic E-state index is 0.000394. The molecule has 0 fully saturated rings. The molecule has 462 valence electrons. The number of phenolic OH excluding ortho intramolecular Hbond substituents is 2. The van der Waals surface area contributed by atoms with E-state index in [-0.39, 0.29) is 82.0 Å². The van der Waals surface area contributed by atoms with Crippen LogP contribution in [-0.4, -0.2) is 43.9 Å². The molecule has 0 aliphatic carbocycles. The number of hydrogen-bond acceptors (Lipinski definition) is 16. The lowest BCUT2D eigenvalue weighted by molar-refractivity contribution is -0.319. The molecule has 92 heavy (non-hydrogen) atoms. The summed E-state index contributed by atoms with van der Waals surface area (Å²) in [6.07, 6.45) is -1.61. The van der Waals surface area contributed by atoms with E-state index in [0.717, 1.165) is 11.1 Å². The molecule has 1 spiro atoms. The van der Waals surface area contributed by atoms with E-state index in [9.17, 15) is 43.9 Å². The van der Waals surface area contributed by atoms with E-state index < -0.39 is 57.5 Å². The van der Waals surface area contributed by atoms with Gasteiger partial charge in [-0.1, -0.05) is 84.9 Å². The van der Waals surface area contributed by atoms with Crippen LogP contribution in [0.2, 0.25) is 0 Å². The van der Waals surface area contributed by atoms with E-state index in [1.54, 1.807) is 60.7 Å². The van der Waals surface area contributed by atoms with Gasteiger partial charge in [0.2, 0.25) is 39.3 Å². The zero-order chi connectivity index (χ0) is 63.8. The highest BCUT2D eigenvalue weighted by atomic mass is 32.2. The van der Waals surface area contributed by atoms with E-state index >= 15 is 0 Å². The Balaban J connectivity index is 0.843. The molecule has 3 unspecified atom stereocenters. The fourth-order valence-corrected chi connectivity index (χ4v) is 15.6. The largest absolute Gasteiger partial charge is 0.508 e. The van der Waals surface area contributed by atoms with Gasteiger partial charge in [0.15, 0.2) is 0 Å². The van der Waals surface area contributed by atoms with Gasteiger partial charge in [-0.25, -0.2) is 33.7 Å². The van der Waals surface area contributed by atoms with Crippen LogP contribution in [-0.2, 0) is 74.6 Å². The van der Waals surface area contributed by atoms with E-state index in [1.807, 2.05) is 60.7 Å². The van der Waals surface area contributed by atoms with Gasteiger partial charge in [-0.15, -0.1) is 0 Å². The van der Waals surface area contributed by atoms with Gasteiger partial charge in [0, 0.05) is 0 Å². The number of phenols is 2. The van der Waals surface area contributed by atoms with Gasteiger partial charge in [0.05, 0.1) is 64.5 Å². The van der Waals surface area contributed by atoms with E-state index in [4.69, 9.17) is 28.4 Å². The van der Waals surface area contributed by atoms with Crippen molar-refractivity contribution in [1.29, 1.82) is 0 Å². The summed E-state index contributed by atoms with van der Waals surface area (Å²) in [6, 6.07) is 68.4. The van der Waals surface area contributed by atoms with Crippen molar-refractivity contribution < 1.29 is 72.3 Å². The minimum Gasteiger partial charge on any atom is -0.508 e. The third kappa shape index (κ3) is 12.5. The van der Waals surface area contributed by atoms with Crippen molar-refractivity contribution in [1.82, 2.24) is 0 Å². The Morgan fingerprint density at radius 2 is 0.598 bits per heavy atom. The molecule has 11 aromatic rings. The highest BCUT2D eigenvalue weighted by molar-refractivity contribution is 7.92. The van der Waals surface area contributed by atoms with E-state index in [1.165, 1.54) is 146 Å². The third-order valence-corrected chi connectivity index (χ3v) is 22.8. The van der Waals surface area contributed by atoms with Crippen LogP contribution in [0.25, 0.3) is 0 Å². The lowest BCUT2D eigenvalue weighted by Crippen LogP contribution is -2.42. The summed E-state index contributed by atoms with van der Waals surface area (Å²) < 4.78 is 152. The van der Waals surface area contributed by atoms with Crippen molar-refractivity contribution in [3.63, 3.8) is 0 Å². The van der Waals surface area contributed by atoms with Crippen LogP contribution >= 0.6 is 0 Å². The first-order valence-electron chi connectivity index (χ1n) is 28.7. The normalized spacial score (nSPS) is 17.9. The number of sulfone groups is 4. The zero-order valence-electron chi connectivity index (χ0n) is 48.4. The van der Waals surface area contributed by atoms with Gasteiger partial charge >= 0.3 is 5.97 Å². The van der Waals surface area contributed by atoms with Gasteiger partial charge in [-0.2, -0.15) is 0 Å². The van der Waals surface area contributed by atoms with Gasteiger partial charge in [-0.3, -0.25) is 4.74 Å². The summed E-state index contributed by atoms with van der Waals surface area (Å²) in [5.41, 5.74) is 5.11. The third-order valence-electron chi connectivity index (χ3n) is 15.7. The van der Waals surface area contributed by atoms with Crippen molar-refractivity contribution >= 4 is 39.3 Å². The van der Waals surface area contributed by atoms with Gasteiger partial charge in [-0.05, 0) is 221 Å². The Labute approximate surface area is 531 Å². The molecule has 2 N–H and O–H groups in total. The molecule has 12 aliphatic heterocycles. The van der Waals surface area contributed by atoms with E-state index in [0.29, 0.717) is 44.9 Å². The molecule has 23 rings (SSSR count). The molecule has 11 aromatic carbocycles. The molecule has 0 saturated carbocycles. The predicted octanol–water partition coefficient (Wildman–Crippen LogP) is 13.6. The number of hydrogen-bond donors (Lipinski definition) is 2. The van der Waals surface area contributed by atoms with Crippen LogP contribution < -0.4 is 18.9 Å². The SMILES string of the molecule is O=S1(=O)c2ccc(cc2)OC(c2ccc(S(=O)(=O)c3ccc(O)cc3)cc2)c2ccc(cc2)COCc2ccc(cc2)C2(OCc3ccc(cc3)C(c3ccc(S(=O)(=O)c4ccc(O)cc4)cc3)Oc3ccc(cc3)S(=O)(=O)c3ccc(cc3)O2)Oc2ccc1cc2. The molecule has 0 radical (unpaired) electrons. The first-order valence-corrected chi connectivity index (χ1v) is 34.6. The van der Waals surface area contributed by atoms with E-state index in [2.05, 4.69) is 0 Å². The molecular formula is C72H54O16S4. The number of fused-ring (bicyclic) bond motifs is 1. The summed E-state index contributed by atoms with van der Waals surface area (Å²) in [6.45, 7) is 0.232. The topological polar surface area (TPSA) is 232 Å². The minimum atomic E-state index is -4.17. The molecular weight excluding hydrogens is 1250 g/mol. The molecule has 20 heteroatoms. The van der Waals surface area contributed by atoms with Crippen LogP contribution in [0.5, 0.6) is 34.5 Å². The molecule has 0 aromatic heterocycles. The van der Waals surface area contributed by atoms with Gasteiger partial charge in [0.25, 0.3) is 0 Å². The summed E-state index contributed by atoms with van der Waals surface area (Å²) in [4.78, 5) is -0.114. The summed E-state index contributed by atoms with van der Waals surface area (Å²) in [7, 11) is -16.2. The fourth-order valence-electron chi connectivity index (χ4n) is 10.6. The summed E-state index contributed by atoms with van der Waals surface area (Å²) in [5, 5.41) is 19.6. The van der Waals surface area contributed by atoms with Crippen LogP contribution in [0.4, 0.5) is 0 Å². The first-order chi connectivity index (χ1) is 44.3. The Morgan fingerprint density at radius 1 is 0.326 bits per heavy atom. The predicted molar refractivity (Wildman–Crippen MR) is 337 cm³/mol. The monoisotopic (exact) mass is 1300 g/mol. The molecule has 0 amide bonds. The highest BCUT2D eigenvalue weighted by Crippen LogP contribution is 2.40. The number of aromatic hydroxyl groups is 2. The zero-order valence-corrected chi connectivity index (χ0v) is 51.7. The van der Waals surface area contributed by atoms with Crippen LogP contribution in [0, 0.1) is 0 Å². The fraction of sp³-hybridized carbons (Fsp3) is 0.0833. The van der Waals surface area contributed by atoms with Gasteiger partial charge < -0.3 is 33.9 Å². The first kappa shape index (κ1) is 60.8. The highest BCUT2D eigenvalue weighted by Gasteiger charge is 2.41. The quantitative estimate of drug-likeness (QED) is 0.158. The van der Waals surface area contributed by atoms with Crippen molar-refractivity contribution in [2.75, 3.05) is 0 Å². The molecule has 16 nitrogen and oxygen atoms in total. The maximum Gasteiger partial charge on any atom is 0.401 e. The Kier molecular flexibility index (Phi) is 16.3. The van der Waals surface area contributed by atoms with Crippen molar-refractivity contribution in [3.05, 3.63) is 311 Å². The van der Waals surface area contributed by atoms with Crippen molar-refractivity contribution in [3.8, 4) is 34.5 Å². The van der Waals surface area contributed by atoms with Gasteiger partial charge in [0.1, 0.15) is 46.7 Å². The van der Waals surface area contributed by atoms with Crippen LogP contribution in [0.3, 0.4) is 0 Å². The summed E-state index contributed by atoms with van der Waals surface area (Å²) in [5.74, 6) is -1.39. The summed E-state index contributed by atoms with van der Waals surface area (Å²) >= 11 is 0. The smallest absolute Gasteiger partial charge is 0.401 e. The second kappa shape index (κ2) is 24.6. The standard InChI is InChI=1S/C72H54O16S4/c73-56-17-33-64(34-18-56)89(75,76)62-29-11-53(12-30-62)70-51-7-1-48(2-8-51)45-83-46-49-5-15-55(16-6-49)72(87-60-25-41-68(42-26-60)91(79,80)66-37-21-58(85-70)22-38-66)84-47-50-3-9-52(10-4-50)71(54-13-31-63(32-14-54)90(77,78)65-35-19-57(74)20-36-65)86-59-23-39-67(40-24-59)92(81,82)69-43-27-61(88-72)28-44-69/h1-44,70-71,73-74H,45-47H2. The molecule has 0 saturated heterocycles. The number of rotatable bonds is 6. The Bertz CT molecular complexity index is 4940. The second-order valence-electron chi connectivity index (χ2n) is 21.7. The maximum absolute atomic E-state index is 14.4. The van der Waals surface area contributed by atoms with Crippen LogP contribution in [0.1, 0.15) is 56.7 Å². The number of ether oxygens (including phenoxy) is 6. The Morgan fingerprint density at radius 3 is 0.924 bits per heavy atom. The van der Waals surface area contributed by atoms with Crippen molar-refractivity contribution in [2.45, 2.75) is 77.2 Å². The maximum atomic E-state index is 14.4. The lowest BCUT2D eigenvalue weighted by atomic mass is 10.00. The lowest BCUT2D eigenvalue weighted by Gasteiger charge is -2.34. The van der Waals surface area contributed by atoms with Crippen LogP contribution in [0.15, 0.2) is 306 Å². The molecule has 3 atom stereocenters. The second-order valence-corrected chi connectivity index (χ2v) is 29.5. The average Bonchev–Trinajstić information content (AvgIpc) is 2.10. The molecule has 12 aliphatic rings. The van der Waals surface area contributed by atoms with Crippen molar-refractivity contribution in [2.24, 2.45) is 0 Å². The molecule has 12 heterocycles. The molecule has 14 bridgehead atoms. The average molecular weight is 1300 g/mol. The number of benzene rings is 11. The Hall–Kier alpha value is -10.1.